The summed E-state index contributed by atoms with van der Waals surface area (Å²) in [5.74, 6) is 1.68. The van der Waals surface area contributed by atoms with Gasteiger partial charge >= 0.3 is 0 Å². The van der Waals surface area contributed by atoms with Gasteiger partial charge in [0.15, 0.2) is 5.96 Å². The van der Waals surface area contributed by atoms with Crippen LogP contribution in [0.2, 0.25) is 0 Å². The molecule has 0 bridgehead atoms. The smallest absolute Gasteiger partial charge is 0.217 e. The fourth-order valence-electron chi connectivity index (χ4n) is 4.65. The van der Waals surface area contributed by atoms with Crippen LogP contribution in [0.15, 0.2) is 22.5 Å². The van der Waals surface area contributed by atoms with Gasteiger partial charge < -0.3 is 16.0 Å². The number of piperidine rings is 2. The Kier molecular flexibility index (Phi) is 9.49. The van der Waals surface area contributed by atoms with Gasteiger partial charge in [0.25, 0.3) is 0 Å². The summed E-state index contributed by atoms with van der Waals surface area (Å²) in [7, 11) is 4.09. The van der Waals surface area contributed by atoms with Crippen molar-refractivity contribution in [3.05, 3.63) is 22.4 Å². The number of hydrogen-bond donors (Lipinski definition) is 2. The van der Waals surface area contributed by atoms with Crippen molar-refractivity contribution >= 4 is 47.2 Å². The lowest BCUT2D eigenvalue weighted by Crippen LogP contribution is -2.49. The van der Waals surface area contributed by atoms with E-state index in [0.717, 1.165) is 45.0 Å². The van der Waals surface area contributed by atoms with E-state index >= 15 is 0 Å². The zero-order valence-electron chi connectivity index (χ0n) is 17.0. The van der Waals surface area contributed by atoms with Crippen LogP contribution in [0.25, 0.3) is 0 Å². The second-order valence-electron chi connectivity index (χ2n) is 7.90. The van der Waals surface area contributed by atoms with Crippen molar-refractivity contribution in [3.8, 4) is 0 Å². The highest BCUT2D eigenvalue weighted by atomic mass is 127. The van der Waals surface area contributed by atoms with Crippen LogP contribution in [0.4, 0.5) is 0 Å². The Morgan fingerprint density at radius 3 is 2.82 bits per heavy atom. The van der Waals surface area contributed by atoms with Gasteiger partial charge in [-0.2, -0.15) is 0 Å². The van der Waals surface area contributed by atoms with Crippen LogP contribution < -0.4 is 11.1 Å². The number of nitrogens with two attached hydrogens (primary N) is 1. The van der Waals surface area contributed by atoms with E-state index in [1.54, 1.807) is 0 Å². The molecule has 6 nitrogen and oxygen atoms in total. The second-order valence-corrected chi connectivity index (χ2v) is 8.88. The molecular weight excluding hydrogens is 485 g/mol. The number of primary amides is 1. The minimum atomic E-state index is -0.200. The van der Waals surface area contributed by atoms with E-state index < -0.39 is 0 Å². The van der Waals surface area contributed by atoms with Gasteiger partial charge in [-0.1, -0.05) is 6.07 Å². The summed E-state index contributed by atoms with van der Waals surface area (Å²) < 4.78 is 0. The van der Waals surface area contributed by atoms with E-state index in [1.807, 2.05) is 18.4 Å². The lowest BCUT2D eigenvalue weighted by atomic mass is 9.88. The minimum Gasteiger partial charge on any atom is -0.370 e. The van der Waals surface area contributed by atoms with E-state index in [1.165, 1.54) is 17.7 Å². The third-order valence-corrected chi connectivity index (χ3v) is 6.83. The molecule has 8 heteroatoms. The van der Waals surface area contributed by atoms with Gasteiger partial charge in [0, 0.05) is 44.0 Å². The van der Waals surface area contributed by atoms with E-state index in [0.29, 0.717) is 24.3 Å². The first kappa shape index (κ1) is 23.4. The Morgan fingerprint density at radius 2 is 2.14 bits per heavy atom. The third kappa shape index (κ3) is 6.06. The molecule has 0 radical (unpaired) electrons. The van der Waals surface area contributed by atoms with Crippen molar-refractivity contribution in [2.24, 2.45) is 22.6 Å². The fourth-order valence-corrected chi connectivity index (χ4v) is 5.63. The maximum absolute atomic E-state index is 11.3. The molecule has 2 fully saturated rings. The lowest BCUT2D eigenvalue weighted by molar-refractivity contribution is -0.119. The Balaban J connectivity index is 0.00000280. The highest BCUT2D eigenvalue weighted by Crippen LogP contribution is 2.36. The van der Waals surface area contributed by atoms with Crippen LogP contribution in [-0.2, 0) is 4.79 Å². The third-order valence-electron chi connectivity index (χ3n) is 5.88. The second kappa shape index (κ2) is 11.3. The summed E-state index contributed by atoms with van der Waals surface area (Å²) >= 11 is 1.86. The number of nitrogens with one attached hydrogen (secondary N) is 1. The Bertz CT molecular complexity index is 639. The van der Waals surface area contributed by atoms with Gasteiger partial charge in [-0.25, -0.2) is 0 Å². The monoisotopic (exact) mass is 519 g/mol. The van der Waals surface area contributed by atoms with E-state index in [2.05, 4.69) is 44.7 Å². The quantitative estimate of drug-likeness (QED) is 0.357. The zero-order valence-corrected chi connectivity index (χ0v) is 20.1. The highest BCUT2D eigenvalue weighted by molar-refractivity contribution is 14.0. The van der Waals surface area contributed by atoms with Crippen molar-refractivity contribution in [1.29, 1.82) is 0 Å². The molecule has 28 heavy (non-hydrogen) atoms. The largest absolute Gasteiger partial charge is 0.370 e. The summed E-state index contributed by atoms with van der Waals surface area (Å²) in [6, 6.07) is 4.89. The number of amides is 1. The molecule has 0 aliphatic carbocycles. The molecule has 158 valence electrons. The van der Waals surface area contributed by atoms with Gasteiger partial charge in [-0.15, -0.1) is 35.3 Å². The molecule has 3 heterocycles. The number of carbonyl (C=O) groups excluding carboxylic acids is 1. The standard InChI is InChI=1S/C20H33N5OS.HI/c1-22-20(25-10-3-6-15(14-25)12-18(21)26)23-13-16-7-4-9-24(2)19(16)17-8-5-11-27-17;/h5,8,11,15-16,19H,3-4,6-7,9-10,12-14H2,1-2H3,(H2,21,26)(H,22,23);1H. The van der Waals surface area contributed by atoms with Crippen molar-refractivity contribution in [1.82, 2.24) is 15.1 Å². The molecule has 1 aromatic heterocycles. The van der Waals surface area contributed by atoms with E-state index in [4.69, 9.17) is 5.73 Å². The normalized spacial score (nSPS) is 26.6. The van der Waals surface area contributed by atoms with Crippen LogP contribution in [0.5, 0.6) is 0 Å². The number of likely N-dealkylation sites (tertiary alicyclic amines) is 2. The van der Waals surface area contributed by atoms with Gasteiger partial charge in [0.2, 0.25) is 5.91 Å². The topological polar surface area (TPSA) is 74.0 Å². The van der Waals surface area contributed by atoms with Crippen LogP contribution in [0.3, 0.4) is 0 Å². The summed E-state index contributed by atoms with van der Waals surface area (Å²) in [6.07, 6.45) is 5.11. The maximum atomic E-state index is 11.3. The number of guanidine groups is 1. The van der Waals surface area contributed by atoms with Gasteiger partial charge in [0.1, 0.15) is 0 Å². The van der Waals surface area contributed by atoms with Gasteiger partial charge in [-0.3, -0.25) is 14.7 Å². The van der Waals surface area contributed by atoms with Crippen LogP contribution in [0.1, 0.15) is 43.0 Å². The molecule has 3 rings (SSSR count). The summed E-state index contributed by atoms with van der Waals surface area (Å²) in [6.45, 7) is 3.95. The Hall–Kier alpha value is -0.870. The van der Waals surface area contributed by atoms with Crippen molar-refractivity contribution < 1.29 is 4.79 Å². The molecule has 2 aliphatic heterocycles. The van der Waals surface area contributed by atoms with Crippen molar-refractivity contribution in [3.63, 3.8) is 0 Å². The van der Waals surface area contributed by atoms with Crippen molar-refractivity contribution in [2.75, 3.05) is 40.3 Å². The molecule has 3 N–H and O–H groups in total. The first-order valence-corrected chi connectivity index (χ1v) is 10.9. The predicted molar refractivity (Wildman–Crippen MR) is 127 cm³/mol. The van der Waals surface area contributed by atoms with Gasteiger partial charge in [-0.05, 0) is 62.6 Å². The molecule has 3 atom stereocenters. The van der Waals surface area contributed by atoms with E-state index in [-0.39, 0.29) is 29.9 Å². The molecular formula is C20H34IN5OS. The molecule has 0 aromatic carbocycles. The van der Waals surface area contributed by atoms with E-state index in [9.17, 15) is 4.79 Å². The SMILES string of the molecule is CN=C(NCC1CCCN(C)C1c1cccs1)N1CCCC(CC(N)=O)C1.I. The molecule has 0 saturated carbocycles. The highest BCUT2D eigenvalue weighted by Gasteiger charge is 2.32. The van der Waals surface area contributed by atoms with Gasteiger partial charge in [0.05, 0.1) is 0 Å². The summed E-state index contributed by atoms with van der Waals surface area (Å²) in [4.78, 5) is 22.0. The predicted octanol–water partition coefficient (Wildman–Crippen LogP) is 2.91. The number of hydrogen-bond acceptors (Lipinski definition) is 4. The van der Waals surface area contributed by atoms with Crippen LogP contribution in [0, 0.1) is 11.8 Å². The first-order valence-electron chi connectivity index (χ1n) is 10.1. The van der Waals surface area contributed by atoms with Crippen molar-refractivity contribution in [2.45, 2.75) is 38.1 Å². The number of aliphatic imine (C=N–C) groups is 1. The molecule has 2 saturated heterocycles. The minimum absolute atomic E-state index is 0. The summed E-state index contributed by atoms with van der Waals surface area (Å²) in [5.41, 5.74) is 5.40. The number of rotatable bonds is 5. The lowest BCUT2D eigenvalue weighted by Gasteiger charge is -2.40. The average molecular weight is 519 g/mol. The number of nitrogens with zero attached hydrogens (tertiary/aromatic N) is 3. The zero-order chi connectivity index (χ0) is 19.2. The summed E-state index contributed by atoms with van der Waals surface area (Å²) in [5, 5.41) is 5.81. The molecule has 1 aromatic rings. The number of carbonyl (C=O) groups is 1. The molecule has 3 unspecified atom stereocenters. The first-order chi connectivity index (χ1) is 13.1. The molecule has 1 amide bonds. The molecule has 0 spiro atoms. The van der Waals surface area contributed by atoms with Crippen LogP contribution in [-0.4, -0.2) is 61.9 Å². The van der Waals surface area contributed by atoms with Crippen LogP contribution >= 0.6 is 35.3 Å². The average Bonchev–Trinajstić information content (AvgIpc) is 3.16. The Morgan fingerprint density at radius 1 is 1.36 bits per heavy atom. The fraction of sp³-hybridized carbons (Fsp3) is 0.700. The number of thiophene rings is 1. The molecule has 2 aliphatic rings. The number of halogens is 1. The Labute approximate surface area is 190 Å². The maximum Gasteiger partial charge on any atom is 0.217 e.